The Kier molecular flexibility index (Phi) is 4.77. The molecule has 0 saturated carbocycles. The maximum atomic E-state index is 9.50. The second-order valence-corrected chi connectivity index (χ2v) is 28.8. The quantitative estimate of drug-likeness (QED) is 0.580. The monoisotopic (exact) mass is 462 g/mol. The molecule has 26 heavy (non-hydrogen) atoms. The third-order valence-electron chi connectivity index (χ3n) is 5.93. The van der Waals surface area contributed by atoms with Crippen LogP contribution in [-0.2, 0) is 15.9 Å². The fraction of sp³-hybridized carbons (Fsp3) is 0.227. The first-order valence-electron chi connectivity index (χ1n) is 9.05. The van der Waals surface area contributed by atoms with Crippen molar-refractivity contribution < 1.29 is 21.0 Å². The zero-order valence-corrected chi connectivity index (χ0v) is 18.7. The van der Waals surface area contributed by atoms with Crippen LogP contribution < -0.4 is 0 Å². The number of hydrogen-bond donors (Lipinski definition) is 1. The molecule has 0 heterocycles. The average molecular weight is 465 g/mol. The second kappa shape index (κ2) is 6.67. The minimum absolute atomic E-state index is 0.0170. The van der Waals surface area contributed by atoms with Crippen molar-refractivity contribution in [1.82, 2.24) is 0 Å². The summed E-state index contributed by atoms with van der Waals surface area (Å²) in [6, 6.07) is 16.8. The topological polar surface area (TPSA) is 20.2 Å². The van der Waals surface area contributed by atoms with Crippen molar-refractivity contribution >= 4 is 32.4 Å². The van der Waals surface area contributed by atoms with E-state index >= 15 is 0 Å². The first kappa shape index (κ1) is 18.6. The molecule has 2 atom stereocenters. The Hall–Kier alpha value is -0.787. The van der Waals surface area contributed by atoms with Crippen molar-refractivity contribution in [3.63, 3.8) is 0 Å². The first-order chi connectivity index (χ1) is 12.5. The van der Waals surface area contributed by atoms with E-state index in [1.165, 1.54) is 22.3 Å². The van der Waals surface area contributed by atoms with Gasteiger partial charge in [-0.1, -0.05) is 0 Å². The SMILES string of the molecule is C[CH]=[Zr]([Cl])([Cl])([CH]1C=Cc2ccccc21)[CH]1C=C(CCO)c2ccccc21. The van der Waals surface area contributed by atoms with Crippen LogP contribution in [0.1, 0.15) is 42.8 Å². The number of hydrogen-bond acceptors (Lipinski definition) is 1. The minimum atomic E-state index is -4.46. The molecular weight excluding hydrogens is 442 g/mol. The molecule has 0 radical (unpaired) electrons. The summed E-state index contributed by atoms with van der Waals surface area (Å²) in [5, 5.41) is 9.50. The predicted molar refractivity (Wildman–Crippen MR) is 111 cm³/mol. The summed E-state index contributed by atoms with van der Waals surface area (Å²) < 4.78 is 2.22. The Balaban J connectivity index is 1.92. The zero-order chi connectivity index (χ0) is 18.4. The summed E-state index contributed by atoms with van der Waals surface area (Å²) in [6.45, 7) is 2.16. The molecular formula is C22H22Cl2OZr. The van der Waals surface area contributed by atoms with Crippen molar-refractivity contribution in [2.45, 2.75) is 20.6 Å². The van der Waals surface area contributed by atoms with E-state index in [0.717, 1.165) is 5.57 Å². The van der Waals surface area contributed by atoms with E-state index in [1.54, 1.807) is 0 Å². The van der Waals surface area contributed by atoms with Gasteiger partial charge in [0, 0.05) is 0 Å². The van der Waals surface area contributed by atoms with Gasteiger partial charge in [-0.25, -0.2) is 0 Å². The van der Waals surface area contributed by atoms with Crippen LogP contribution in [-0.4, -0.2) is 15.4 Å². The number of fused-ring (bicyclic) bond motifs is 2. The van der Waals surface area contributed by atoms with Crippen LogP contribution in [0.15, 0.2) is 60.7 Å². The Labute approximate surface area is 162 Å². The average Bonchev–Trinajstić information content (AvgIpc) is 3.26. The molecule has 1 nitrogen and oxygen atoms in total. The summed E-state index contributed by atoms with van der Waals surface area (Å²) >= 11 is -4.46. The molecule has 0 fully saturated rings. The standard InChI is InChI=1S/C11H11O.C9H7.C2H4.2ClH.Zr/c12-8-7-10-6-5-9-3-1-2-4-11(9)10;1-2-5-9-7-3-6-8(9)4-1;1-2;;;/h1-6,12H,7-8H2;1-7H;1H,2H3;2*1H;/q;;;;;+2/p-2. The van der Waals surface area contributed by atoms with Gasteiger partial charge in [-0.05, 0) is 0 Å². The summed E-state index contributed by atoms with van der Waals surface area (Å²) in [5.41, 5.74) is 6.01. The molecule has 1 N–H and O–H groups in total. The van der Waals surface area contributed by atoms with Gasteiger partial charge in [0.1, 0.15) is 0 Å². The molecule has 0 amide bonds. The van der Waals surface area contributed by atoms with Gasteiger partial charge in [-0.2, -0.15) is 0 Å². The van der Waals surface area contributed by atoms with Crippen LogP contribution in [0, 0.1) is 0 Å². The number of aliphatic hydroxyl groups is 1. The Morgan fingerprint density at radius 1 is 1.00 bits per heavy atom. The van der Waals surface area contributed by atoms with E-state index in [1.807, 2.05) is 13.0 Å². The van der Waals surface area contributed by atoms with Gasteiger partial charge in [0.15, 0.2) is 0 Å². The van der Waals surface area contributed by atoms with Gasteiger partial charge in [0.05, 0.1) is 0 Å². The zero-order valence-electron chi connectivity index (χ0n) is 14.7. The molecule has 0 aromatic heterocycles. The van der Waals surface area contributed by atoms with Crippen molar-refractivity contribution in [2.24, 2.45) is 0 Å². The fourth-order valence-electron chi connectivity index (χ4n) is 4.52. The number of allylic oxidation sites excluding steroid dienone is 2. The molecule has 2 aliphatic rings. The number of aliphatic hydroxyl groups excluding tert-OH is 1. The summed E-state index contributed by atoms with van der Waals surface area (Å²) in [7, 11) is 15.1. The normalized spacial score (nSPS) is 21.3. The predicted octanol–water partition coefficient (Wildman–Crippen LogP) is 6.09. The van der Waals surface area contributed by atoms with E-state index in [-0.39, 0.29) is 13.9 Å². The van der Waals surface area contributed by atoms with Crippen molar-refractivity contribution in [1.29, 1.82) is 0 Å². The Bertz CT molecular complexity index is 997. The Morgan fingerprint density at radius 2 is 1.69 bits per heavy atom. The molecule has 4 heteroatoms. The third kappa shape index (κ3) is 2.69. The fourth-order valence-corrected chi connectivity index (χ4v) is 18.2. The third-order valence-corrected chi connectivity index (χ3v) is 25.0. The molecule has 0 spiro atoms. The summed E-state index contributed by atoms with van der Waals surface area (Å²) in [6.07, 6.45) is 7.23. The van der Waals surface area contributed by atoms with E-state index in [9.17, 15) is 5.11 Å². The van der Waals surface area contributed by atoms with Gasteiger partial charge in [0.25, 0.3) is 0 Å². The van der Waals surface area contributed by atoms with E-state index in [4.69, 9.17) is 17.0 Å². The molecule has 0 saturated heterocycles. The summed E-state index contributed by atoms with van der Waals surface area (Å²) in [4.78, 5) is 0. The van der Waals surface area contributed by atoms with Crippen molar-refractivity contribution in [2.75, 3.05) is 6.61 Å². The van der Waals surface area contributed by atoms with Crippen LogP contribution >= 0.6 is 17.0 Å². The van der Waals surface area contributed by atoms with Crippen LogP contribution in [0.3, 0.4) is 0 Å². The first-order valence-corrected chi connectivity index (χ1v) is 19.6. The van der Waals surface area contributed by atoms with Gasteiger partial charge in [0.2, 0.25) is 0 Å². The molecule has 0 bridgehead atoms. The molecule has 4 rings (SSSR count). The van der Waals surface area contributed by atoms with Crippen LogP contribution in [0.25, 0.3) is 11.6 Å². The molecule has 2 aliphatic carbocycles. The van der Waals surface area contributed by atoms with Gasteiger partial charge >= 0.3 is 164 Å². The molecule has 134 valence electrons. The number of benzene rings is 2. The number of halogens is 2. The summed E-state index contributed by atoms with van der Waals surface area (Å²) in [5.74, 6) is 0. The maximum absolute atomic E-state index is 9.50. The molecule has 0 aliphatic heterocycles. The van der Waals surface area contributed by atoms with Crippen LogP contribution in [0.2, 0.25) is 0 Å². The molecule has 2 aromatic carbocycles. The van der Waals surface area contributed by atoms with E-state index in [2.05, 4.69) is 64.4 Å². The van der Waals surface area contributed by atoms with E-state index in [0.29, 0.717) is 6.42 Å². The molecule has 2 unspecified atom stereocenters. The van der Waals surface area contributed by atoms with Crippen LogP contribution in [0.5, 0.6) is 0 Å². The van der Waals surface area contributed by atoms with Gasteiger partial charge in [-0.3, -0.25) is 0 Å². The van der Waals surface area contributed by atoms with Crippen molar-refractivity contribution in [3.8, 4) is 0 Å². The van der Waals surface area contributed by atoms with Gasteiger partial charge in [-0.15, -0.1) is 0 Å². The second-order valence-electron chi connectivity index (χ2n) is 7.21. The number of rotatable bonds is 4. The van der Waals surface area contributed by atoms with Crippen LogP contribution in [0.4, 0.5) is 0 Å². The molecule has 2 aromatic rings. The van der Waals surface area contributed by atoms with Crippen molar-refractivity contribution in [3.05, 3.63) is 82.9 Å². The van der Waals surface area contributed by atoms with Gasteiger partial charge < -0.3 is 0 Å². The Morgan fingerprint density at radius 3 is 2.42 bits per heavy atom. The van der Waals surface area contributed by atoms with E-state index < -0.39 is 15.9 Å².